The first-order valence-electron chi connectivity index (χ1n) is 4.77. The van der Waals surface area contributed by atoms with E-state index in [0.717, 1.165) is 0 Å². The number of rotatable bonds is 5. The quantitative estimate of drug-likeness (QED) is 0.796. The Bertz CT molecular complexity index is 353. The van der Waals surface area contributed by atoms with Crippen molar-refractivity contribution in [3.05, 3.63) is 35.4 Å². The fraction of sp³-hybridized carbons (Fsp3) is 0.364. The first kappa shape index (κ1) is 12.6. The summed E-state index contributed by atoms with van der Waals surface area (Å²) in [4.78, 5) is 10.6. The van der Waals surface area contributed by atoms with Gasteiger partial charge in [0.1, 0.15) is 6.67 Å². The Morgan fingerprint density at radius 1 is 1.50 bits per heavy atom. The predicted molar refractivity (Wildman–Crippen MR) is 57.1 cm³/mol. The Kier molecular flexibility index (Phi) is 4.39. The van der Waals surface area contributed by atoms with Crippen LogP contribution in [-0.4, -0.2) is 30.9 Å². The van der Waals surface area contributed by atoms with E-state index in [0.29, 0.717) is 5.56 Å². The van der Waals surface area contributed by atoms with Crippen molar-refractivity contribution >= 4 is 5.97 Å². The van der Waals surface area contributed by atoms with Crippen molar-refractivity contribution < 1.29 is 19.0 Å². The predicted octanol–water partition coefficient (Wildman–Crippen LogP) is 1.37. The van der Waals surface area contributed by atoms with Gasteiger partial charge < -0.3 is 15.6 Å². The number of carboxylic acid groups (broad SMARTS) is 1. The molecule has 0 bridgehead atoms. The highest BCUT2D eigenvalue weighted by Gasteiger charge is 2.19. The molecule has 1 aromatic carbocycles. The molecule has 4 nitrogen and oxygen atoms in total. The third-order valence-electron chi connectivity index (χ3n) is 2.31. The largest absolute Gasteiger partial charge is 0.478 e. The molecule has 1 aromatic rings. The summed E-state index contributed by atoms with van der Waals surface area (Å²) >= 11 is 0. The lowest BCUT2D eigenvalue weighted by molar-refractivity contribution is 0.0691. The smallest absolute Gasteiger partial charge is 0.335 e. The Morgan fingerprint density at radius 2 is 2.06 bits per heavy atom. The monoisotopic (exact) mass is 227 g/mol. The third kappa shape index (κ3) is 2.77. The van der Waals surface area contributed by atoms with E-state index in [9.17, 15) is 9.18 Å². The molecule has 0 saturated carbocycles. The zero-order valence-electron chi connectivity index (χ0n) is 8.89. The second kappa shape index (κ2) is 5.58. The Morgan fingerprint density at radius 3 is 2.44 bits per heavy atom. The second-order valence-corrected chi connectivity index (χ2v) is 3.40. The highest BCUT2D eigenvalue weighted by atomic mass is 19.1. The van der Waals surface area contributed by atoms with Gasteiger partial charge >= 0.3 is 5.97 Å². The van der Waals surface area contributed by atoms with Crippen molar-refractivity contribution in [1.82, 2.24) is 0 Å². The van der Waals surface area contributed by atoms with Crippen molar-refractivity contribution in [2.24, 2.45) is 5.73 Å². The first-order valence-corrected chi connectivity index (χ1v) is 4.77. The Hall–Kier alpha value is -1.46. The molecule has 0 aliphatic heterocycles. The van der Waals surface area contributed by atoms with E-state index in [1.54, 1.807) is 12.1 Å². The lowest BCUT2D eigenvalue weighted by Crippen LogP contribution is -2.31. The summed E-state index contributed by atoms with van der Waals surface area (Å²) in [6.45, 7) is -0.695. The molecular formula is C11H14FNO3. The number of alkyl halides is 1. The number of hydrogen-bond acceptors (Lipinski definition) is 3. The molecule has 5 heteroatoms. The molecule has 0 spiro atoms. The van der Waals surface area contributed by atoms with Gasteiger partial charge in [-0.1, -0.05) is 12.1 Å². The standard InChI is InChI=1S/C11H14FNO3/c1-16-10(9(13)6-12)7-2-4-8(5-3-7)11(14)15/h2-5,9-10H,6,13H2,1H3,(H,14,15). The van der Waals surface area contributed by atoms with Crippen LogP contribution in [0.15, 0.2) is 24.3 Å². The van der Waals surface area contributed by atoms with Crippen molar-refractivity contribution in [1.29, 1.82) is 0 Å². The van der Waals surface area contributed by atoms with Gasteiger partial charge in [0.05, 0.1) is 17.7 Å². The molecule has 3 N–H and O–H groups in total. The topological polar surface area (TPSA) is 72.5 Å². The zero-order valence-corrected chi connectivity index (χ0v) is 8.89. The van der Waals surface area contributed by atoms with E-state index in [1.165, 1.54) is 19.2 Å². The maximum atomic E-state index is 12.4. The van der Waals surface area contributed by atoms with Crippen LogP contribution < -0.4 is 5.73 Å². The zero-order chi connectivity index (χ0) is 12.1. The maximum Gasteiger partial charge on any atom is 0.335 e. The van der Waals surface area contributed by atoms with E-state index in [-0.39, 0.29) is 5.56 Å². The van der Waals surface area contributed by atoms with Gasteiger partial charge in [-0.15, -0.1) is 0 Å². The van der Waals surface area contributed by atoms with E-state index < -0.39 is 24.8 Å². The third-order valence-corrected chi connectivity index (χ3v) is 2.31. The van der Waals surface area contributed by atoms with Gasteiger partial charge in [0.15, 0.2) is 0 Å². The van der Waals surface area contributed by atoms with Crippen LogP contribution in [-0.2, 0) is 4.74 Å². The van der Waals surface area contributed by atoms with Gasteiger partial charge in [-0.2, -0.15) is 0 Å². The second-order valence-electron chi connectivity index (χ2n) is 3.40. The number of halogens is 1. The number of aromatic carboxylic acids is 1. The lowest BCUT2D eigenvalue weighted by atomic mass is 10.0. The van der Waals surface area contributed by atoms with Crippen molar-refractivity contribution in [2.45, 2.75) is 12.1 Å². The van der Waals surface area contributed by atoms with Crippen molar-refractivity contribution in [2.75, 3.05) is 13.8 Å². The van der Waals surface area contributed by atoms with Crippen LogP contribution in [0.25, 0.3) is 0 Å². The summed E-state index contributed by atoms with van der Waals surface area (Å²) < 4.78 is 17.5. The molecule has 2 atom stereocenters. The van der Waals surface area contributed by atoms with Gasteiger partial charge in [0.2, 0.25) is 0 Å². The fourth-order valence-corrected chi connectivity index (χ4v) is 1.45. The highest BCUT2D eigenvalue weighted by molar-refractivity contribution is 5.87. The number of carbonyl (C=O) groups is 1. The number of nitrogens with two attached hydrogens (primary N) is 1. The first-order chi connectivity index (χ1) is 7.60. The van der Waals surface area contributed by atoms with E-state index in [2.05, 4.69) is 0 Å². The van der Waals surface area contributed by atoms with Gasteiger partial charge in [-0.3, -0.25) is 0 Å². The summed E-state index contributed by atoms with van der Waals surface area (Å²) in [5, 5.41) is 8.71. The lowest BCUT2D eigenvalue weighted by Gasteiger charge is -2.20. The molecule has 0 heterocycles. The molecule has 0 aromatic heterocycles. The minimum atomic E-state index is -1.00. The SMILES string of the molecule is COC(c1ccc(C(=O)O)cc1)C(N)CF. The van der Waals surface area contributed by atoms with Crippen LogP contribution in [0.1, 0.15) is 22.0 Å². The summed E-state index contributed by atoms with van der Waals surface area (Å²) in [5.74, 6) is -1.00. The minimum Gasteiger partial charge on any atom is -0.478 e. The molecule has 2 unspecified atom stereocenters. The highest BCUT2D eigenvalue weighted by Crippen LogP contribution is 2.20. The average Bonchev–Trinajstić information content (AvgIpc) is 2.30. The van der Waals surface area contributed by atoms with E-state index in [1.807, 2.05) is 0 Å². The molecular weight excluding hydrogens is 213 g/mol. The summed E-state index contributed by atoms with van der Waals surface area (Å²) in [7, 11) is 1.44. The minimum absolute atomic E-state index is 0.174. The van der Waals surface area contributed by atoms with Crippen LogP contribution in [0.5, 0.6) is 0 Å². The van der Waals surface area contributed by atoms with E-state index >= 15 is 0 Å². The van der Waals surface area contributed by atoms with Gasteiger partial charge in [0, 0.05) is 7.11 Å². The molecule has 16 heavy (non-hydrogen) atoms. The molecule has 0 fully saturated rings. The van der Waals surface area contributed by atoms with Crippen molar-refractivity contribution in [3.8, 4) is 0 Å². The number of ether oxygens (including phenoxy) is 1. The van der Waals surface area contributed by atoms with Gasteiger partial charge in [-0.25, -0.2) is 9.18 Å². The molecule has 1 rings (SSSR count). The Balaban J connectivity index is 2.90. The molecule has 0 aliphatic rings. The molecule has 0 radical (unpaired) electrons. The summed E-state index contributed by atoms with van der Waals surface area (Å²) in [6.07, 6.45) is -0.562. The number of hydrogen-bond donors (Lipinski definition) is 2. The van der Waals surface area contributed by atoms with Crippen LogP contribution in [0, 0.1) is 0 Å². The Labute approximate surface area is 92.8 Å². The van der Waals surface area contributed by atoms with Crippen molar-refractivity contribution in [3.63, 3.8) is 0 Å². The number of benzene rings is 1. The van der Waals surface area contributed by atoms with Gasteiger partial charge in [0.25, 0.3) is 0 Å². The normalized spacial score (nSPS) is 14.4. The fourth-order valence-electron chi connectivity index (χ4n) is 1.45. The van der Waals surface area contributed by atoms with Crippen LogP contribution in [0.2, 0.25) is 0 Å². The van der Waals surface area contributed by atoms with Gasteiger partial charge in [-0.05, 0) is 17.7 Å². The molecule has 0 aliphatic carbocycles. The maximum absolute atomic E-state index is 12.4. The molecule has 88 valence electrons. The van der Waals surface area contributed by atoms with E-state index in [4.69, 9.17) is 15.6 Å². The van der Waals surface area contributed by atoms with Crippen LogP contribution >= 0.6 is 0 Å². The summed E-state index contributed by atoms with van der Waals surface area (Å²) in [5.41, 5.74) is 6.38. The summed E-state index contributed by atoms with van der Waals surface area (Å²) in [6, 6.07) is 5.28. The molecule has 0 amide bonds. The number of methoxy groups -OCH3 is 1. The molecule has 0 saturated heterocycles. The number of carboxylic acids is 1. The van der Waals surface area contributed by atoms with Crippen LogP contribution in [0.3, 0.4) is 0 Å². The van der Waals surface area contributed by atoms with Crippen LogP contribution in [0.4, 0.5) is 4.39 Å². The average molecular weight is 227 g/mol.